The van der Waals surface area contributed by atoms with E-state index in [9.17, 15) is 29.6 Å². The van der Waals surface area contributed by atoms with Gasteiger partial charge in [-0.1, -0.05) is 35.0 Å². The Labute approximate surface area is 188 Å². The van der Waals surface area contributed by atoms with Crippen LogP contribution in [0.25, 0.3) is 5.69 Å². The maximum absolute atomic E-state index is 12.4. The molecule has 0 aliphatic heterocycles. The smallest absolute Gasteiger partial charge is 0.335 e. The van der Waals surface area contributed by atoms with E-state index in [2.05, 4.69) is 31.4 Å². The number of halogens is 1. The van der Waals surface area contributed by atoms with Gasteiger partial charge in [-0.05, 0) is 36.2 Å². The number of rotatable bonds is 6. The van der Waals surface area contributed by atoms with Crippen molar-refractivity contribution in [2.45, 2.75) is 13.3 Å². The molecule has 0 saturated heterocycles. The number of aryl methyl sites for hydroxylation is 1. The molecule has 3 N–H and O–H groups in total. The van der Waals surface area contributed by atoms with Crippen molar-refractivity contribution in [3.8, 4) is 11.6 Å². The average Bonchev–Trinajstić information content (AvgIpc) is 2.76. The van der Waals surface area contributed by atoms with Crippen molar-refractivity contribution in [3.05, 3.63) is 94.6 Å². The first-order valence-corrected chi connectivity index (χ1v) is 9.97. The number of nitrogens with zero attached hydrogens (tertiary/aromatic N) is 3. The molecular formula is C20H16BrN5O6. The summed E-state index contributed by atoms with van der Waals surface area (Å²) in [5.41, 5.74) is 0.312. The van der Waals surface area contributed by atoms with Crippen LogP contribution in [0.2, 0.25) is 0 Å². The third kappa shape index (κ3) is 4.49. The number of benzene rings is 2. The Morgan fingerprint density at radius 2 is 2.03 bits per heavy atom. The number of aromatic hydroxyl groups is 1. The molecule has 1 amide bonds. The predicted octanol–water partition coefficient (Wildman–Crippen LogP) is 2.23. The SMILES string of the molecule is CCc1cc(Br)ccc1-n1c(O)c(C=NNC(=O)c2ccccc2[N+](=O)[O-])c(=O)[nH]c1=O. The zero-order valence-corrected chi connectivity index (χ0v) is 18.1. The Balaban J connectivity index is 1.98. The lowest BCUT2D eigenvalue weighted by Crippen LogP contribution is -2.32. The summed E-state index contributed by atoms with van der Waals surface area (Å²) in [6.45, 7) is 1.86. The molecule has 0 aliphatic carbocycles. The second-order valence-electron chi connectivity index (χ2n) is 6.43. The van der Waals surface area contributed by atoms with Gasteiger partial charge in [0.15, 0.2) is 0 Å². The van der Waals surface area contributed by atoms with Gasteiger partial charge < -0.3 is 5.11 Å². The molecule has 0 radical (unpaired) electrons. The van der Waals surface area contributed by atoms with E-state index in [1.807, 2.05) is 6.92 Å². The quantitative estimate of drug-likeness (QED) is 0.266. The average molecular weight is 502 g/mol. The summed E-state index contributed by atoms with van der Waals surface area (Å²) in [7, 11) is 0. The number of amides is 1. The van der Waals surface area contributed by atoms with Gasteiger partial charge in [0, 0.05) is 10.5 Å². The monoisotopic (exact) mass is 501 g/mol. The standard InChI is InChI=1S/C20H16BrN5O6/c1-2-11-9-12(21)7-8-15(11)25-19(29)14(17(27)23-20(25)30)10-22-24-18(28)13-5-3-4-6-16(13)26(31)32/h3-10,29H,2H2,1H3,(H,24,28)(H,23,27,30). The van der Waals surface area contributed by atoms with Crippen LogP contribution in [0.4, 0.5) is 5.69 Å². The molecule has 1 heterocycles. The topological polar surface area (TPSA) is 160 Å². The van der Waals surface area contributed by atoms with E-state index in [1.165, 1.54) is 18.2 Å². The molecule has 3 aromatic rings. The summed E-state index contributed by atoms with van der Waals surface area (Å²) in [6, 6.07) is 10.3. The Morgan fingerprint density at radius 3 is 2.72 bits per heavy atom. The molecule has 164 valence electrons. The highest BCUT2D eigenvalue weighted by atomic mass is 79.9. The highest BCUT2D eigenvalue weighted by Crippen LogP contribution is 2.23. The van der Waals surface area contributed by atoms with Gasteiger partial charge in [0.2, 0.25) is 5.88 Å². The number of hydrogen-bond acceptors (Lipinski definition) is 7. The molecule has 0 unspecified atom stereocenters. The van der Waals surface area contributed by atoms with Crippen molar-refractivity contribution < 1.29 is 14.8 Å². The van der Waals surface area contributed by atoms with Crippen LogP contribution in [0.5, 0.6) is 5.88 Å². The molecule has 2 aromatic carbocycles. The molecule has 3 rings (SSSR count). The predicted molar refractivity (Wildman–Crippen MR) is 120 cm³/mol. The molecule has 0 saturated carbocycles. The lowest BCUT2D eigenvalue weighted by atomic mass is 10.1. The van der Waals surface area contributed by atoms with E-state index >= 15 is 0 Å². The van der Waals surface area contributed by atoms with Gasteiger partial charge in [-0.25, -0.2) is 14.8 Å². The Kier molecular flexibility index (Phi) is 6.64. The lowest BCUT2D eigenvalue weighted by molar-refractivity contribution is -0.385. The van der Waals surface area contributed by atoms with Crippen molar-refractivity contribution in [2.24, 2.45) is 5.10 Å². The van der Waals surface area contributed by atoms with E-state index in [1.54, 1.807) is 18.2 Å². The Hall–Kier alpha value is -4.06. The van der Waals surface area contributed by atoms with Crippen LogP contribution in [0.3, 0.4) is 0 Å². The minimum atomic E-state index is -0.928. The number of carbonyl (C=O) groups excluding carboxylic acids is 1. The van der Waals surface area contributed by atoms with Crippen LogP contribution < -0.4 is 16.7 Å². The molecular weight excluding hydrogens is 486 g/mol. The number of aromatic nitrogens is 2. The number of hydrazone groups is 1. The normalized spacial score (nSPS) is 10.9. The highest BCUT2D eigenvalue weighted by molar-refractivity contribution is 9.10. The van der Waals surface area contributed by atoms with Crippen LogP contribution in [0.15, 0.2) is 61.6 Å². The number of hydrogen-bond donors (Lipinski definition) is 3. The van der Waals surface area contributed by atoms with Gasteiger partial charge in [0.25, 0.3) is 17.2 Å². The third-order valence-corrected chi connectivity index (χ3v) is 4.98. The van der Waals surface area contributed by atoms with Gasteiger partial charge in [0.1, 0.15) is 11.1 Å². The molecule has 0 aliphatic rings. The zero-order chi connectivity index (χ0) is 23.4. The fraction of sp³-hybridized carbons (Fsp3) is 0.100. The van der Waals surface area contributed by atoms with Crippen LogP contribution >= 0.6 is 15.9 Å². The number of para-hydroxylation sites is 1. The summed E-state index contributed by atoms with van der Waals surface area (Å²) < 4.78 is 1.69. The number of carbonyl (C=O) groups is 1. The molecule has 32 heavy (non-hydrogen) atoms. The van der Waals surface area contributed by atoms with Gasteiger partial charge in [0.05, 0.1) is 16.8 Å². The molecule has 1 aromatic heterocycles. The van der Waals surface area contributed by atoms with Crippen molar-refractivity contribution >= 4 is 33.7 Å². The maximum Gasteiger partial charge on any atom is 0.335 e. The van der Waals surface area contributed by atoms with Crippen LogP contribution in [0.1, 0.15) is 28.4 Å². The molecule has 0 spiro atoms. The zero-order valence-electron chi connectivity index (χ0n) is 16.5. The van der Waals surface area contributed by atoms with Crippen LogP contribution in [-0.2, 0) is 6.42 Å². The lowest BCUT2D eigenvalue weighted by Gasteiger charge is -2.13. The summed E-state index contributed by atoms with van der Waals surface area (Å²) in [4.78, 5) is 49.3. The molecule has 11 nitrogen and oxygen atoms in total. The van der Waals surface area contributed by atoms with E-state index in [0.717, 1.165) is 26.9 Å². The van der Waals surface area contributed by atoms with Crippen molar-refractivity contribution in [2.75, 3.05) is 0 Å². The third-order valence-electron chi connectivity index (χ3n) is 4.49. The number of aromatic amines is 1. The minimum absolute atomic E-state index is 0.236. The number of nitro groups is 1. The Morgan fingerprint density at radius 1 is 1.31 bits per heavy atom. The number of H-pyrrole nitrogens is 1. The van der Waals surface area contributed by atoms with Gasteiger partial charge in [-0.3, -0.25) is 24.7 Å². The van der Waals surface area contributed by atoms with Gasteiger partial charge in [-0.15, -0.1) is 0 Å². The van der Waals surface area contributed by atoms with E-state index < -0.39 is 39.2 Å². The van der Waals surface area contributed by atoms with Gasteiger partial charge >= 0.3 is 5.69 Å². The first-order chi connectivity index (χ1) is 15.2. The van der Waals surface area contributed by atoms with Crippen molar-refractivity contribution in [3.63, 3.8) is 0 Å². The molecule has 0 atom stereocenters. The minimum Gasteiger partial charge on any atom is -0.493 e. The Bertz CT molecular complexity index is 1360. The fourth-order valence-electron chi connectivity index (χ4n) is 2.97. The fourth-order valence-corrected chi connectivity index (χ4v) is 3.38. The second kappa shape index (κ2) is 9.39. The summed E-state index contributed by atoms with van der Waals surface area (Å²) in [5.74, 6) is -1.57. The summed E-state index contributed by atoms with van der Waals surface area (Å²) >= 11 is 3.34. The van der Waals surface area contributed by atoms with Crippen LogP contribution in [0, 0.1) is 10.1 Å². The number of nitro benzene ring substituents is 1. The number of nitrogens with one attached hydrogen (secondary N) is 2. The summed E-state index contributed by atoms with van der Waals surface area (Å²) in [5, 5.41) is 25.3. The van der Waals surface area contributed by atoms with E-state index in [0.29, 0.717) is 12.1 Å². The largest absolute Gasteiger partial charge is 0.493 e. The van der Waals surface area contributed by atoms with Gasteiger partial charge in [-0.2, -0.15) is 5.10 Å². The van der Waals surface area contributed by atoms with Crippen molar-refractivity contribution in [1.29, 1.82) is 0 Å². The highest BCUT2D eigenvalue weighted by Gasteiger charge is 2.19. The molecule has 0 fully saturated rings. The molecule has 12 heteroatoms. The van der Waals surface area contributed by atoms with Crippen molar-refractivity contribution in [1.82, 2.24) is 15.0 Å². The molecule has 0 bridgehead atoms. The van der Waals surface area contributed by atoms with Crippen LogP contribution in [-0.4, -0.2) is 31.7 Å². The summed E-state index contributed by atoms with van der Waals surface area (Å²) in [6.07, 6.45) is 1.39. The maximum atomic E-state index is 12.4. The van der Waals surface area contributed by atoms with E-state index in [-0.39, 0.29) is 5.56 Å². The first-order valence-electron chi connectivity index (χ1n) is 9.18. The first kappa shape index (κ1) is 22.6. The van der Waals surface area contributed by atoms with E-state index in [4.69, 9.17) is 0 Å². The second-order valence-corrected chi connectivity index (χ2v) is 7.35.